The molecule has 0 radical (unpaired) electrons. The Bertz CT molecular complexity index is 1060. The molecule has 2 saturated heterocycles. The predicted octanol–water partition coefficient (Wildman–Crippen LogP) is 5.14. The van der Waals surface area contributed by atoms with Crippen molar-refractivity contribution in [1.29, 1.82) is 0 Å². The van der Waals surface area contributed by atoms with E-state index in [9.17, 15) is 9.18 Å². The van der Waals surface area contributed by atoms with E-state index in [4.69, 9.17) is 4.74 Å². The Morgan fingerprint density at radius 1 is 1.13 bits per heavy atom. The molecule has 2 aliphatic heterocycles. The summed E-state index contributed by atoms with van der Waals surface area (Å²) in [6.07, 6.45) is 2.45. The normalized spacial score (nSPS) is 23.5. The highest BCUT2D eigenvalue weighted by Gasteiger charge is 2.45. The molecule has 3 fully saturated rings. The van der Waals surface area contributed by atoms with Crippen molar-refractivity contribution in [3.8, 4) is 0 Å². The molecule has 166 valence electrons. The minimum Gasteiger partial charge on any atom is -0.444 e. The summed E-state index contributed by atoms with van der Waals surface area (Å²) in [4.78, 5) is 24.4. The third-order valence-corrected chi connectivity index (χ3v) is 7.06. The maximum Gasteiger partial charge on any atom is 0.410 e. The summed E-state index contributed by atoms with van der Waals surface area (Å²) in [5.74, 6) is 0.167. The van der Waals surface area contributed by atoms with Gasteiger partial charge in [0.2, 0.25) is 0 Å². The minimum absolute atomic E-state index is 0.0132. The summed E-state index contributed by atoms with van der Waals surface area (Å²) >= 11 is 3.33. The topological polar surface area (TPSA) is 58.6 Å². The second-order valence-electron chi connectivity index (χ2n) is 9.76. The monoisotopic (exact) mass is 494 g/mol. The highest BCUT2D eigenvalue weighted by Crippen LogP contribution is 2.46. The Balaban J connectivity index is 1.50. The van der Waals surface area contributed by atoms with Crippen molar-refractivity contribution in [2.75, 3.05) is 18.0 Å². The summed E-state index contributed by atoms with van der Waals surface area (Å²) in [6.45, 7) is 6.55. The van der Waals surface area contributed by atoms with Gasteiger partial charge < -0.3 is 9.64 Å². The first-order chi connectivity index (χ1) is 14.6. The predicted molar refractivity (Wildman–Crippen MR) is 116 cm³/mol. The number of halogens is 3. The Kier molecular flexibility index (Phi) is 4.88. The fraction of sp³-hybridized carbons (Fsp3) is 0.591. The molecule has 2 bridgehead atoms. The molecule has 3 aliphatic rings. The summed E-state index contributed by atoms with van der Waals surface area (Å²) < 4.78 is 35.4. The lowest BCUT2D eigenvalue weighted by Gasteiger charge is -2.42. The maximum atomic E-state index is 15.1. The molecule has 1 aromatic carbocycles. The quantitative estimate of drug-likeness (QED) is 0.541. The van der Waals surface area contributed by atoms with Crippen molar-refractivity contribution in [3.63, 3.8) is 0 Å². The van der Waals surface area contributed by atoms with Gasteiger partial charge in [0.1, 0.15) is 16.9 Å². The molecule has 2 unspecified atom stereocenters. The van der Waals surface area contributed by atoms with E-state index in [-0.39, 0.29) is 23.7 Å². The highest BCUT2D eigenvalue weighted by molar-refractivity contribution is 9.10. The third-order valence-electron chi connectivity index (χ3n) is 6.26. The molecule has 1 aliphatic carbocycles. The zero-order valence-corrected chi connectivity index (χ0v) is 19.4. The average Bonchev–Trinajstić information content (AvgIpc) is 3.48. The van der Waals surface area contributed by atoms with Gasteiger partial charge in [-0.3, -0.25) is 4.90 Å². The van der Waals surface area contributed by atoms with Crippen LogP contribution in [0.25, 0.3) is 10.9 Å². The summed E-state index contributed by atoms with van der Waals surface area (Å²) in [6, 6.07) is 1.80. The van der Waals surface area contributed by atoms with Crippen LogP contribution in [-0.2, 0) is 4.74 Å². The fourth-order valence-corrected chi connectivity index (χ4v) is 5.43. The molecule has 1 saturated carbocycles. The van der Waals surface area contributed by atoms with Crippen molar-refractivity contribution in [3.05, 3.63) is 28.0 Å². The Labute approximate surface area is 188 Å². The lowest BCUT2D eigenvalue weighted by atomic mass is 10.1. The number of nitrogens with zero attached hydrogens (tertiary/aromatic N) is 4. The summed E-state index contributed by atoms with van der Waals surface area (Å²) in [5, 5.41) is 0.522. The first kappa shape index (κ1) is 20.8. The van der Waals surface area contributed by atoms with Crippen LogP contribution in [-0.4, -0.2) is 51.7 Å². The zero-order valence-electron chi connectivity index (χ0n) is 17.8. The van der Waals surface area contributed by atoms with E-state index in [1.165, 1.54) is 0 Å². The van der Waals surface area contributed by atoms with Crippen LogP contribution < -0.4 is 4.90 Å². The number of amides is 1. The number of hydrogen-bond donors (Lipinski definition) is 0. The third kappa shape index (κ3) is 3.75. The van der Waals surface area contributed by atoms with Crippen LogP contribution >= 0.6 is 15.9 Å². The molecule has 3 heterocycles. The number of anilines is 1. The van der Waals surface area contributed by atoms with Crippen LogP contribution in [0, 0.1) is 11.9 Å². The standard InChI is InChI=1S/C22H25BrF2N4O2/c1-22(2,3)31-21(30)29-12-6-7-13(29)10-28(9-12)19-15-8-14(11-4-5-11)16(23)17(24)18(15)26-20(25)27-19/h8,11-13H,4-7,9-10H2,1-3H3. The molecular weight excluding hydrogens is 470 g/mol. The van der Waals surface area contributed by atoms with Crippen LogP contribution in [0.2, 0.25) is 0 Å². The Morgan fingerprint density at radius 2 is 1.77 bits per heavy atom. The number of hydrogen-bond acceptors (Lipinski definition) is 5. The zero-order chi connectivity index (χ0) is 22.1. The van der Waals surface area contributed by atoms with Gasteiger partial charge in [-0.15, -0.1) is 0 Å². The minimum atomic E-state index is -0.950. The molecule has 0 N–H and O–H groups in total. The van der Waals surface area contributed by atoms with Crippen molar-refractivity contribution in [2.24, 2.45) is 0 Å². The molecule has 0 spiro atoms. The number of ether oxygens (including phenoxy) is 1. The smallest absolute Gasteiger partial charge is 0.410 e. The number of benzene rings is 1. The molecule has 6 nitrogen and oxygen atoms in total. The molecule has 5 rings (SSSR count). The Hall–Kier alpha value is -2.03. The van der Waals surface area contributed by atoms with Crippen LogP contribution in [0.15, 0.2) is 10.5 Å². The van der Waals surface area contributed by atoms with Crippen molar-refractivity contribution in [1.82, 2.24) is 14.9 Å². The van der Waals surface area contributed by atoms with Gasteiger partial charge in [0.05, 0.1) is 16.6 Å². The van der Waals surface area contributed by atoms with E-state index in [0.29, 0.717) is 34.7 Å². The maximum absolute atomic E-state index is 15.1. The van der Waals surface area contributed by atoms with Crippen molar-refractivity contribution >= 4 is 38.7 Å². The number of fused-ring (bicyclic) bond motifs is 3. The first-order valence-electron chi connectivity index (χ1n) is 10.7. The van der Waals surface area contributed by atoms with Crippen LogP contribution in [0.1, 0.15) is 57.9 Å². The van der Waals surface area contributed by atoms with Gasteiger partial charge in [-0.05, 0) is 79.9 Å². The molecular formula is C22H25BrF2N4O2. The fourth-order valence-electron chi connectivity index (χ4n) is 4.80. The molecule has 1 aromatic heterocycles. The van der Waals surface area contributed by atoms with Gasteiger partial charge >= 0.3 is 12.2 Å². The van der Waals surface area contributed by atoms with Crippen LogP contribution in [0.3, 0.4) is 0 Å². The average molecular weight is 495 g/mol. The molecule has 2 atom stereocenters. The number of carbonyl (C=O) groups is 1. The molecule has 9 heteroatoms. The van der Waals surface area contributed by atoms with Crippen molar-refractivity contribution in [2.45, 2.75) is 70.1 Å². The van der Waals surface area contributed by atoms with E-state index >= 15 is 4.39 Å². The second kappa shape index (κ2) is 7.25. The van der Waals surface area contributed by atoms with Crippen molar-refractivity contribution < 1.29 is 18.3 Å². The summed E-state index contributed by atoms with van der Waals surface area (Å²) in [7, 11) is 0. The van der Waals surface area contributed by atoms with E-state index < -0.39 is 17.5 Å². The van der Waals surface area contributed by atoms with Gasteiger partial charge in [0.15, 0.2) is 5.82 Å². The van der Waals surface area contributed by atoms with Gasteiger partial charge in [-0.25, -0.2) is 9.18 Å². The lowest BCUT2D eigenvalue weighted by molar-refractivity contribution is 0.0123. The van der Waals surface area contributed by atoms with Crippen LogP contribution in [0.5, 0.6) is 0 Å². The molecule has 31 heavy (non-hydrogen) atoms. The first-order valence-corrected chi connectivity index (χ1v) is 11.5. The van der Waals surface area contributed by atoms with E-state index in [1.807, 2.05) is 36.6 Å². The van der Waals surface area contributed by atoms with Gasteiger partial charge in [0.25, 0.3) is 0 Å². The largest absolute Gasteiger partial charge is 0.444 e. The van der Waals surface area contributed by atoms with E-state index in [1.54, 1.807) is 0 Å². The number of carbonyl (C=O) groups excluding carboxylic acids is 1. The van der Waals surface area contributed by atoms with E-state index in [2.05, 4.69) is 25.9 Å². The molecule has 2 aromatic rings. The van der Waals surface area contributed by atoms with Crippen LogP contribution in [0.4, 0.5) is 19.4 Å². The highest BCUT2D eigenvalue weighted by atomic mass is 79.9. The molecule has 1 amide bonds. The number of piperazine rings is 1. The SMILES string of the molecule is CC(C)(C)OC(=O)N1C2CCC1CN(c1nc(F)nc3c(F)c(Br)c(C4CC4)cc13)C2. The summed E-state index contributed by atoms with van der Waals surface area (Å²) in [5.41, 5.74) is 0.307. The van der Waals surface area contributed by atoms with E-state index in [0.717, 1.165) is 31.2 Å². The van der Waals surface area contributed by atoms with Gasteiger partial charge in [-0.2, -0.15) is 14.4 Å². The number of aromatic nitrogens is 2. The lowest BCUT2D eigenvalue weighted by Crippen LogP contribution is -2.57. The van der Waals surface area contributed by atoms with Gasteiger partial charge in [0, 0.05) is 18.5 Å². The second-order valence-corrected chi connectivity index (χ2v) is 10.6. The van der Waals surface area contributed by atoms with Gasteiger partial charge in [-0.1, -0.05) is 0 Å². The Morgan fingerprint density at radius 3 is 2.35 bits per heavy atom. The number of rotatable bonds is 2.